The number of carbonyl (C=O) groups is 3. The number of nitrogens with zero attached hydrogens (tertiary/aromatic N) is 3. The monoisotopic (exact) mass is 686 g/mol. The molecule has 1 aromatic heterocycles. The number of ether oxygens (including phenoxy) is 4. The Balaban J connectivity index is 1.64. The fraction of sp³-hybridized carbons (Fsp3) is 0.639. The van der Waals surface area contributed by atoms with Crippen molar-refractivity contribution in [2.24, 2.45) is 23.2 Å². The maximum atomic E-state index is 16.1. The highest BCUT2D eigenvalue weighted by Gasteiger charge is 2.53. The molecular weight excluding hydrogens is 638 g/mol. The summed E-state index contributed by atoms with van der Waals surface area (Å²) in [5.41, 5.74) is -0.951. The number of rotatable bonds is 6. The van der Waals surface area contributed by atoms with Crippen LogP contribution in [-0.4, -0.2) is 77.4 Å². The second-order valence-corrected chi connectivity index (χ2v) is 14.8. The number of hydrogen-bond donors (Lipinski definition) is 1. The molecule has 3 aliphatic rings. The quantitative estimate of drug-likeness (QED) is 0.280. The van der Waals surface area contributed by atoms with Crippen LogP contribution in [-0.2, 0) is 25.0 Å². The van der Waals surface area contributed by atoms with Gasteiger partial charge in [0.1, 0.15) is 30.0 Å². The molecule has 1 saturated heterocycles. The van der Waals surface area contributed by atoms with Gasteiger partial charge in [0.15, 0.2) is 5.69 Å². The van der Waals surface area contributed by atoms with E-state index in [0.717, 1.165) is 6.08 Å². The summed E-state index contributed by atoms with van der Waals surface area (Å²) in [5.74, 6) is -5.27. The Morgan fingerprint density at radius 1 is 1.14 bits per heavy atom. The molecular formula is C36H48F2N4O7. The zero-order valence-corrected chi connectivity index (χ0v) is 29.3. The van der Waals surface area contributed by atoms with Gasteiger partial charge in [0.25, 0.3) is 0 Å². The minimum Gasteiger partial charge on any atom is -0.497 e. The summed E-state index contributed by atoms with van der Waals surface area (Å²) in [6.45, 7) is 11.1. The number of aromatic nitrogens is 2. The Labute approximate surface area is 286 Å². The van der Waals surface area contributed by atoms with E-state index in [9.17, 15) is 14.4 Å². The SMILES string of the molecule is CCC[C@@H]1[C@@H]2CN(C(=O)[C@H](C(C)(C)C)NC(=O)O[C@@H]3C[C@H]3CC/C=C/C(F)(F)c3nc4ccc(OC)cc4nc3O2)[C@@H]1C(=O)OCC(C)C. The molecule has 1 aromatic carbocycles. The van der Waals surface area contributed by atoms with Gasteiger partial charge in [-0.1, -0.05) is 54.0 Å². The molecule has 1 saturated carbocycles. The van der Waals surface area contributed by atoms with Gasteiger partial charge in [0.05, 0.1) is 31.3 Å². The van der Waals surface area contributed by atoms with E-state index < -0.39 is 65.0 Å². The topological polar surface area (TPSA) is 129 Å². The number of hydrogen-bond acceptors (Lipinski definition) is 9. The van der Waals surface area contributed by atoms with Crippen molar-refractivity contribution < 1.29 is 42.1 Å². The lowest BCUT2D eigenvalue weighted by atomic mass is 9.85. The fourth-order valence-electron chi connectivity index (χ4n) is 6.52. The highest BCUT2D eigenvalue weighted by molar-refractivity contribution is 5.91. The molecule has 2 bridgehead atoms. The summed E-state index contributed by atoms with van der Waals surface area (Å²) in [6.07, 6.45) is 2.60. The van der Waals surface area contributed by atoms with Gasteiger partial charge in [-0.25, -0.2) is 19.6 Å². The first-order chi connectivity index (χ1) is 23.1. The van der Waals surface area contributed by atoms with Crippen LogP contribution in [0.25, 0.3) is 11.0 Å². The molecule has 5 rings (SSSR count). The highest BCUT2D eigenvalue weighted by atomic mass is 19.3. The molecule has 13 heteroatoms. The van der Waals surface area contributed by atoms with Crippen LogP contribution in [0.2, 0.25) is 0 Å². The second-order valence-electron chi connectivity index (χ2n) is 14.8. The van der Waals surface area contributed by atoms with E-state index in [1.165, 1.54) is 18.1 Å². The standard InChI is InChI=1S/C36H48F2N4O7/c1-8-11-23-27-18-42(28(23)33(44)47-19-20(2)3)32(43)30(35(4,5)6)41-34(45)49-26-16-21(26)12-9-10-15-36(37,38)29-31(48-27)40-25-17-22(46-7)13-14-24(25)39-29/h10,13-15,17,20-21,23,26-28,30H,8-9,11-12,16,18-19H2,1-7H3,(H,41,45)/b15-10+/t21-,23-,26-,27+,28+,30-/m1/s1. The van der Waals surface area contributed by atoms with E-state index in [-0.39, 0.29) is 42.1 Å². The molecule has 11 nitrogen and oxygen atoms in total. The lowest BCUT2D eigenvalue weighted by Gasteiger charge is -2.35. The Morgan fingerprint density at radius 3 is 2.57 bits per heavy atom. The average molecular weight is 687 g/mol. The van der Waals surface area contributed by atoms with Crippen molar-refractivity contribution in [3.8, 4) is 11.6 Å². The van der Waals surface area contributed by atoms with Gasteiger partial charge in [0, 0.05) is 12.0 Å². The third-order valence-corrected chi connectivity index (χ3v) is 9.24. The Morgan fingerprint density at radius 2 is 1.90 bits per heavy atom. The third-order valence-electron chi connectivity index (χ3n) is 9.24. The molecule has 2 aromatic rings. The summed E-state index contributed by atoms with van der Waals surface area (Å²) in [6, 6.07) is 2.57. The number of amides is 2. The smallest absolute Gasteiger partial charge is 0.408 e. The number of alkyl carbamates (subject to hydrolysis) is 1. The van der Waals surface area contributed by atoms with Gasteiger partial charge in [-0.05, 0) is 61.1 Å². The summed E-state index contributed by atoms with van der Waals surface area (Å²) in [5, 5.41) is 2.77. The van der Waals surface area contributed by atoms with Gasteiger partial charge in [0.2, 0.25) is 11.8 Å². The zero-order chi connectivity index (χ0) is 35.7. The van der Waals surface area contributed by atoms with Gasteiger partial charge < -0.3 is 29.2 Å². The molecule has 0 spiro atoms. The minimum atomic E-state index is -3.57. The molecule has 2 amide bonds. The normalized spacial score (nSPS) is 27.9. The first-order valence-electron chi connectivity index (χ1n) is 17.2. The van der Waals surface area contributed by atoms with E-state index in [4.69, 9.17) is 18.9 Å². The molecule has 6 atom stereocenters. The van der Waals surface area contributed by atoms with Crippen molar-refractivity contribution in [3.63, 3.8) is 0 Å². The van der Waals surface area contributed by atoms with Gasteiger partial charge >= 0.3 is 18.0 Å². The van der Waals surface area contributed by atoms with E-state index >= 15 is 8.78 Å². The molecule has 268 valence electrons. The molecule has 0 unspecified atom stereocenters. The molecule has 2 fully saturated rings. The van der Waals surface area contributed by atoms with Crippen LogP contribution in [0, 0.1) is 23.2 Å². The second kappa shape index (κ2) is 14.4. The molecule has 1 aliphatic carbocycles. The summed E-state index contributed by atoms with van der Waals surface area (Å²) in [4.78, 5) is 51.7. The lowest BCUT2D eigenvalue weighted by molar-refractivity contribution is -0.157. The first-order valence-corrected chi connectivity index (χ1v) is 17.2. The number of benzene rings is 1. The number of esters is 1. The van der Waals surface area contributed by atoms with E-state index in [1.807, 2.05) is 20.8 Å². The van der Waals surface area contributed by atoms with E-state index in [1.54, 1.807) is 39.0 Å². The van der Waals surface area contributed by atoms with Gasteiger partial charge in [-0.3, -0.25) is 4.79 Å². The number of allylic oxidation sites excluding steroid dienone is 2. The van der Waals surface area contributed by atoms with Crippen molar-refractivity contribution in [1.29, 1.82) is 0 Å². The van der Waals surface area contributed by atoms with Crippen LogP contribution in [0.1, 0.15) is 79.3 Å². The van der Waals surface area contributed by atoms with E-state index in [2.05, 4.69) is 15.3 Å². The number of carbonyl (C=O) groups excluding carboxylic acids is 3. The summed E-state index contributed by atoms with van der Waals surface area (Å²) >= 11 is 0. The number of methoxy groups -OCH3 is 1. The van der Waals surface area contributed by atoms with Crippen LogP contribution in [0.5, 0.6) is 11.6 Å². The fourth-order valence-corrected chi connectivity index (χ4v) is 6.52. The van der Waals surface area contributed by atoms with Crippen molar-refractivity contribution in [1.82, 2.24) is 20.2 Å². The van der Waals surface area contributed by atoms with Gasteiger partial charge in [-0.2, -0.15) is 8.78 Å². The molecule has 1 N–H and O–H groups in total. The van der Waals surface area contributed by atoms with Crippen LogP contribution < -0.4 is 14.8 Å². The van der Waals surface area contributed by atoms with Crippen LogP contribution in [0.3, 0.4) is 0 Å². The van der Waals surface area contributed by atoms with Gasteiger partial charge in [-0.15, -0.1) is 0 Å². The summed E-state index contributed by atoms with van der Waals surface area (Å²) in [7, 11) is 1.49. The number of alkyl halides is 2. The van der Waals surface area contributed by atoms with Crippen molar-refractivity contribution in [2.75, 3.05) is 20.3 Å². The van der Waals surface area contributed by atoms with Crippen LogP contribution in [0.4, 0.5) is 13.6 Å². The lowest BCUT2D eigenvalue weighted by Crippen LogP contribution is -2.57. The zero-order valence-electron chi connectivity index (χ0n) is 29.3. The molecule has 49 heavy (non-hydrogen) atoms. The minimum absolute atomic E-state index is 0.00952. The number of halogens is 2. The highest BCUT2D eigenvalue weighted by Crippen LogP contribution is 2.41. The maximum absolute atomic E-state index is 16.1. The Hall–Kier alpha value is -4.03. The number of nitrogens with one attached hydrogen (secondary N) is 1. The van der Waals surface area contributed by atoms with Crippen molar-refractivity contribution in [3.05, 3.63) is 36.0 Å². The molecule has 2 aliphatic heterocycles. The van der Waals surface area contributed by atoms with Crippen LogP contribution >= 0.6 is 0 Å². The van der Waals surface area contributed by atoms with Crippen molar-refractivity contribution in [2.45, 2.75) is 104 Å². The average Bonchev–Trinajstić information content (AvgIpc) is 3.68. The Kier molecular flexibility index (Phi) is 10.7. The van der Waals surface area contributed by atoms with Crippen LogP contribution in [0.15, 0.2) is 30.4 Å². The Bertz CT molecular complexity index is 1580. The summed E-state index contributed by atoms with van der Waals surface area (Å²) < 4.78 is 55.2. The predicted octanol–water partition coefficient (Wildman–Crippen LogP) is 6.18. The number of fused-ring (bicyclic) bond motifs is 5. The molecule has 3 heterocycles. The van der Waals surface area contributed by atoms with Crippen molar-refractivity contribution >= 4 is 29.0 Å². The predicted molar refractivity (Wildman–Crippen MR) is 177 cm³/mol. The maximum Gasteiger partial charge on any atom is 0.408 e. The third kappa shape index (κ3) is 8.24. The molecule has 0 radical (unpaired) electrons. The van der Waals surface area contributed by atoms with E-state index in [0.29, 0.717) is 37.9 Å². The largest absolute Gasteiger partial charge is 0.497 e. The first kappa shape index (κ1) is 36.3.